The number of para-hydroxylation sites is 1. The molecule has 9 nitrogen and oxygen atoms in total. The predicted molar refractivity (Wildman–Crippen MR) is 152 cm³/mol. The van der Waals surface area contributed by atoms with E-state index >= 15 is 0 Å². The van der Waals surface area contributed by atoms with Crippen LogP contribution in [0.15, 0.2) is 29.2 Å². The van der Waals surface area contributed by atoms with Crippen LogP contribution in [-0.4, -0.2) is 73.6 Å². The summed E-state index contributed by atoms with van der Waals surface area (Å²) in [6.45, 7) is 9.50. The van der Waals surface area contributed by atoms with Crippen LogP contribution in [0, 0.1) is 11.3 Å². The number of benzene rings is 1. The van der Waals surface area contributed by atoms with E-state index in [0.29, 0.717) is 26.1 Å². The molecule has 0 aromatic heterocycles. The lowest BCUT2D eigenvalue weighted by Crippen LogP contribution is -2.48. The Hall–Kier alpha value is -2.14. The molecule has 0 aliphatic carbocycles. The van der Waals surface area contributed by atoms with Crippen LogP contribution in [-0.2, 0) is 19.1 Å². The Bertz CT molecular complexity index is 928. The number of carbonyl (C=O) groups is 3. The number of ether oxygens (including phenoxy) is 1. The average molecular weight is 551 g/mol. The summed E-state index contributed by atoms with van der Waals surface area (Å²) in [5, 5.41) is 16.1. The molecular formula is C28H46N4O5S. The molecule has 1 aromatic rings. The molecule has 10 heteroatoms. The fraction of sp³-hybridized carbons (Fsp3) is 0.679. The van der Waals surface area contributed by atoms with Crippen LogP contribution < -0.4 is 21.3 Å². The first-order chi connectivity index (χ1) is 18.0. The van der Waals surface area contributed by atoms with Gasteiger partial charge in [0.2, 0.25) is 17.7 Å². The lowest BCUT2D eigenvalue weighted by atomic mass is 9.80. The zero-order chi connectivity index (χ0) is 28.3. The van der Waals surface area contributed by atoms with Gasteiger partial charge in [-0.2, -0.15) is 0 Å². The molecule has 0 radical (unpaired) electrons. The van der Waals surface area contributed by atoms with Crippen molar-refractivity contribution in [2.45, 2.75) is 82.1 Å². The fourth-order valence-corrected chi connectivity index (χ4v) is 5.73. The summed E-state index contributed by atoms with van der Waals surface area (Å²) >= 11 is 1.46. The van der Waals surface area contributed by atoms with Gasteiger partial charge >= 0.3 is 0 Å². The number of rotatable bonds is 15. The van der Waals surface area contributed by atoms with Crippen molar-refractivity contribution in [2.75, 3.05) is 38.3 Å². The molecule has 0 spiro atoms. The average Bonchev–Trinajstić information content (AvgIpc) is 2.87. The normalized spacial score (nSPS) is 17.8. The number of nitrogens with two attached hydrogens (primary N) is 1. The standard InChI is InChI=1S/C28H46N4O5S/c1-6-7-12-30-26(35)19(2)15-22(33)20(29)16-28(3,4)17-25(34)32-18-24(27(36)31-13-14-37-5)38-23-11-9-8-10-21(23)32/h8-11,19-20,22,24,33H,6-7,12-18,29H2,1-5H3,(H,30,35)(H,31,36)/t19-,20+,22+,24?/m1/s1. The number of nitrogens with one attached hydrogen (secondary N) is 2. The van der Waals surface area contributed by atoms with Gasteiger partial charge in [-0.1, -0.05) is 46.2 Å². The smallest absolute Gasteiger partial charge is 0.235 e. The van der Waals surface area contributed by atoms with E-state index in [9.17, 15) is 19.5 Å². The quantitative estimate of drug-likeness (QED) is 0.247. The number of aliphatic hydroxyl groups is 1. The maximum atomic E-state index is 13.6. The summed E-state index contributed by atoms with van der Waals surface area (Å²) in [6.07, 6.45) is 1.94. The van der Waals surface area contributed by atoms with Crippen molar-refractivity contribution < 1.29 is 24.2 Å². The molecule has 1 aliphatic heterocycles. The van der Waals surface area contributed by atoms with Crippen molar-refractivity contribution in [2.24, 2.45) is 17.1 Å². The fourth-order valence-electron chi connectivity index (χ4n) is 4.55. The molecule has 4 atom stereocenters. The molecular weight excluding hydrogens is 504 g/mol. The first kappa shape index (κ1) is 32.1. The molecule has 1 aromatic carbocycles. The number of unbranched alkanes of at least 4 members (excludes halogenated alkanes) is 1. The SMILES string of the molecule is CCCCNC(=O)[C@H](C)C[C@H](O)[C@@H](N)CC(C)(C)CC(=O)N1CC(C(=O)NCCOC)Sc2ccccc21. The topological polar surface area (TPSA) is 134 Å². The van der Waals surface area contributed by atoms with Crippen LogP contribution in [0.2, 0.25) is 0 Å². The number of nitrogens with zero attached hydrogens (tertiary/aromatic N) is 1. The monoisotopic (exact) mass is 550 g/mol. The Morgan fingerprint density at radius 1 is 1.24 bits per heavy atom. The van der Waals surface area contributed by atoms with E-state index in [2.05, 4.69) is 17.6 Å². The number of methoxy groups -OCH3 is 1. The van der Waals surface area contributed by atoms with Gasteiger partial charge in [-0.15, -0.1) is 11.8 Å². The highest BCUT2D eigenvalue weighted by molar-refractivity contribution is 8.00. The lowest BCUT2D eigenvalue weighted by molar-refractivity contribution is -0.125. The van der Waals surface area contributed by atoms with Gasteiger partial charge in [-0.05, 0) is 36.8 Å². The van der Waals surface area contributed by atoms with Crippen LogP contribution in [0.5, 0.6) is 0 Å². The van der Waals surface area contributed by atoms with Gasteiger partial charge in [0.25, 0.3) is 0 Å². The first-order valence-corrected chi connectivity index (χ1v) is 14.4. The molecule has 214 valence electrons. The van der Waals surface area contributed by atoms with Crippen molar-refractivity contribution in [3.8, 4) is 0 Å². The molecule has 2 rings (SSSR count). The summed E-state index contributed by atoms with van der Waals surface area (Å²) in [7, 11) is 1.58. The molecule has 0 saturated heterocycles. The number of amides is 3. The molecule has 0 saturated carbocycles. The molecule has 5 N–H and O–H groups in total. The van der Waals surface area contributed by atoms with Gasteiger partial charge in [-0.3, -0.25) is 14.4 Å². The summed E-state index contributed by atoms with van der Waals surface area (Å²) in [5.41, 5.74) is 6.65. The van der Waals surface area contributed by atoms with E-state index in [1.807, 2.05) is 38.1 Å². The minimum atomic E-state index is -0.858. The van der Waals surface area contributed by atoms with E-state index < -0.39 is 22.8 Å². The summed E-state index contributed by atoms with van der Waals surface area (Å²) < 4.78 is 5.02. The minimum Gasteiger partial charge on any atom is -0.391 e. The maximum Gasteiger partial charge on any atom is 0.235 e. The van der Waals surface area contributed by atoms with Gasteiger partial charge in [0.15, 0.2) is 0 Å². The summed E-state index contributed by atoms with van der Waals surface area (Å²) in [5.74, 6) is -0.659. The van der Waals surface area contributed by atoms with Crippen LogP contribution in [0.3, 0.4) is 0 Å². The van der Waals surface area contributed by atoms with Crippen LogP contribution >= 0.6 is 11.8 Å². The van der Waals surface area contributed by atoms with Gasteiger partial charge in [0.05, 0.1) is 18.4 Å². The Morgan fingerprint density at radius 2 is 1.95 bits per heavy atom. The Labute approximate surface area is 231 Å². The number of hydrogen-bond acceptors (Lipinski definition) is 7. The van der Waals surface area contributed by atoms with E-state index in [0.717, 1.165) is 23.4 Å². The Kier molecular flexibility index (Phi) is 13.0. The number of anilines is 1. The number of carbonyl (C=O) groups excluding carboxylic acids is 3. The second-order valence-corrected chi connectivity index (χ2v) is 12.2. The molecule has 1 unspecified atom stereocenters. The van der Waals surface area contributed by atoms with Crippen molar-refractivity contribution in [1.82, 2.24) is 10.6 Å². The van der Waals surface area contributed by atoms with Gasteiger partial charge in [0, 0.05) is 50.0 Å². The third-order valence-corrected chi connectivity index (χ3v) is 8.00. The molecule has 1 aliphatic rings. The number of thioether (sulfide) groups is 1. The first-order valence-electron chi connectivity index (χ1n) is 13.5. The van der Waals surface area contributed by atoms with Crippen LogP contribution in [0.25, 0.3) is 0 Å². The van der Waals surface area contributed by atoms with Crippen molar-refractivity contribution in [1.29, 1.82) is 0 Å². The summed E-state index contributed by atoms with van der Waals surface area (Å²) in [6, 6.07) is 7.03. The minimum absolute atomic E-state index is 0.0819. The third kappa shape index (κ3) is 9.87. The number of hydrogen-bond donors (Lipinski definition) is 4. The third-order valence-electron chi connectivity index (χ3n) is 6.76. The Balaban J connectivity index is 2.00. The Morgan fingerprint density at radius 3 is 2.63 bits per heavy atom. The van der Waals surface area contributed by atoms with Gasteiger partial charge < -0.3 is 31.1 Å². The van der Waals surface area contributed by atoms with E-state index in [1.54, 1.807) is 18.9 Å². The number of aliphatic hydroxyl groups excluding tert-OH is 1. The predicted octanol–water partition coefficient (Wildman–Crippen LogP) is 2.69. The largest absolute Gasteiger partial charge is 0.391 e. The van der Waals surface area contributed by atoms with Crippen molar-refractivity contribution in [3.63, 3.8) is 0 Å². The molecule has 38 heavy (non-hydrogen) atoms. The van der Waals surface area contributed by atoms with Gasteiger partial charge in [-0.25, -0.2) is 0 Å². The van der Waals surface area contributed by atoms with E-state index in [-0.39, 0.29) is 43.0 Å². The summed E-state index contributed by atoms with van der Waals surface area (Å²) in [4.78, 5) is 41.2. The molecule has 3 amide bonds. The van der Waals surface area contributed by atoms with E-state index in [1.165, 1.54) is 11.8 Å². The molecule has 1 heterocycles. The number of fused-ring (bicyclic) bond motifs is 1. The highest BCUT2D eigenvalue weighted by Gasteiger charge is 2.36. The maximum absolute atomic E-state index is 13.6. The van der Waals surface area contributed by atoms with Gasteiger partial charge in [0.1, 0.15) is 5.25 Å². The zero-order valence-electron chi connectivity index (χ0n) is 23.5. The lowest BCUT2D eigenvalue weighted by Gasteiger charge is -2.36. The van der Waals surface area contributed by atoms with Crippen molar-refractivity contribution >= 4 is 35.2 Å². The highest BCUT2D eigenvalue weighted by atomic mass is 32.2. The molecule has 0 fully saturated rings. The second kappa shape index (κ2) is 15.5. The van der Waals surface area contributed by atoms with Crippen LogP contribution in [0.1, 0.15) is 59.8 Å². The second-order valence-electron chi connectivity index (χ2n) is 10.9. The highest BCUT2D eigenvalue weighted by Crippen LogP contribution is 2.40. The molecule has 0 bridgehead atoms. The van der Waals surface area contributed by atoms with Crippen molar-refractivity contribution in [3.05, 3.63) is 24.3 Å². The zero-order valence-corrected chi connectivity index (χ0v) is 24.3. The van der Waals surface area contributed by atoms with Crippen LogP contribution in [0.4, 0.5) is 5.69 Å². The van der Waals surface area contributed by atoms with E-state index in [4.69, 9.17) is 10.5 Å².